The van der Waals surface area contributed by atoms with Crippen molar-refractivity contribution in [2.45, 2.75) is 38.7 Å². The number of esters is 1. The fourth-order valence-electron chi connectivity index (χ4n) is 2.55. The van der Waals surface area contributed by atoms with Crippen molar-refractivity contribution in [3.8, 4) is 0 Å². The number of hydrogen-bond acceptors (Lipinski definition) is 5. The second-order valence-corrected chi connectivity index (χ2v) is 8.02. The highest BCUT2D eigenvalue weighted by Gasteiger charge is 2.22. The van der Waals surface area contributed by atoms with Crippen LogP contribution < -0.4 is 4.72 Å². The molecule has 0 amide bonds. The van der Waals surface area contributed by atoms with Crippen LogP contribution in [0.3, 0.4) is 0 Å². The van der Waals surface area contributed by atoms with Crippen molar-refractivity contribution in [3.05, 3.63) is 64.7 Å². The van der Waals surface area contributed by atoms with Gasteiger partial charge in [0, 0.05) is 12.1 Å². The lowest BCUT2D eigenvalue weighted by Gasteiger charge is -2.14. The van der Waals surface area contributed by atoms with E-state index in [0.717, 1.165) is 11.1 Å². The summed E-state index contributed by atoms with van der Waals surface area (Å²) in [5.41, 5.74) is 2.44. The van der Waals surface area contributed by atoms with Crippen molar-refractivity contribution in [1.82, 2.24) is 4.72 Å². The number of benzene rings is 2. The smallest absolute Gasteiger partial charge is 0.338 e. The highest BCUT2D eigenvalue weighted by Crippen LogP contribution is 2.16. The maximum absolute atomic E-state index is 12.6. The van der Waals surface area contributed by atoms with Gasteiger partial charge in [-0.2, -0.15) is 0 Å². The maximum Gasteiger partial charge on any atom is 0.338 e. The van der Waals surface area contributed by atoms with Gasteiger partial charge in [-0.05, 0) is 56.7 Å². The van der Waals surface area contributed by atoms with Gasteiger partial charge < -0.3 is 4.74 Å². The zero-order valence-electron chi connectivity index (χ0n) is 15.8. The molecule has 0 fully saturated rings. The van der Waals surface area contributed by atoms with Gasteiger partial charge in [-0.1, -0.05) is 24.6 Å². The number of carbonyl (C=O) groups excluding carboxylic acids is 2. The second-order valence-electron chi connectivity index (χ2n) is 6.26. The summed E-state index contributed by atoms with van der Waals surface area (Å²) < 4.78 is 31.5. The number of hydrogen-bond donors (Lipinski definition) is 1. The molecule has 2 aromatic rings. The topological polar surface area (TPSA) is 89.5 Å². The Bertz CT molecular complexity index is 949. The Morgan fingerprint density at radius 2 is 1.70 bits per heavy atom. The third-order valence-corrected chi connectivity index (χ3v) is 5.61. The predicted octanol–water partition coefficient (Wildman–Crippen LogP) is 3.03. The van der Waals surface area contributed by atoms with Crippen LogP contribution in [0.25, 0.3) is 0 Å². The minimum Gasteiger partial charge on any atom is -0.451 e. The van der Waals surface area contributed by atoms with Crippen molar-refractivity contribution in [1.29, 1.82) is 0 Å². The van der Waals surface area contributed by atoms with Crippen molar-refractivity contribution in [2.75, 3.05) is 6.54 Å². The van der Waals surface area contributed by atoms with Crippen LogP contribution in [0, 0.1) is 13.8 Å². The molecule has 144 valence electrons. The molecule has 2 aromatic carbocycles. The molecule has 0 spiro atoms. The molecule has 0 aliphatic rings. The van der Waals surface area contributed by atoms with Crippen LogP contribution in [-0.2, 0) is 14.8 Å². The quantitative estimate of drug-likeness (QED) is 0.581. The number of aryl methyl sites for hydroxylation is 2. The fourth-order valence-corrected chi connectivity index (χ4v) is 3.59. The van der Waals surface area contributed by atoms with Gasteiger partial charge in [-0.15, -0.1) is 0 Å². The number of nitrogens with one attached hydrogen (secondary N) is 1. The summed E-state index contributed by atoms with van der Waals surface area (Å²) in [6.07, 6.45) is -0.955. The highest BCUT2D eigenvalue weighted by atomic mass is 32.2. The Labute approximate surface area is 159 Å². The Kier molecular flexibility index (Phi) is 6.51. The summed E-state index contributed by atoms with van der Waals surface area (Å²) >= 11 is 0. The Hall–Kier alpha value is -2.51. The van der Waals surface area contributed by atoms with Crippen LogP contribution in [0.2, 0.25) is 0 Å². The molecule has 0 bridgehead atoms. The summed E-state index contributed by atoms with van der Waals surface area (Å²) in [5.74, 6) is -0.968. The van der Waals surface area contributed by atoms with Gasteiger partial charge in [-0.25, -0.2) is 17.9 Å². The summed E-state index contributed by atoms with van der Waals surface area (Å²) in [6.45, 7) is 7.17. The summed E-state index contributed by atoms with van der Waals surface area (Å²) in [7, 11) is -3.59. The number of ketones is 1. The van der Waals surface area contributed by atoms with Crippen LogP contribution in [0.1, 0.15) is 45.7 Å². The molecule has 0 saturated carbocycles. The number of ether oxygens (including phenoxy) is 1. The largest absolute Gasteiger partial charge is 0.451 e. The first-order chi connectivity index (χ1) is 12.7. The molecular weight excluding hydrogens is 366 g/mol. The van der Waals surface area contributed by atoms with E-state index >= 15 is 0 Å². The van der Waals surface area contributed by atoms with Gasteiger partial charge >= 0.3 is 5.97 Å². The predicted molar refractivity (Wildman–Crippen MR) is 102 cm³/mol. The van der Waals surface area contributed by atoms with Crippen molar-refractivity contribution < 1.29 is 22.7 Å². The molecule has 27 heavy (non-hydrogen) atoms. The average Bonchev–Trinajstić information content (AvgIpc) is 2.63. The van der Waals surface area contributed by atoms with E-state index in [4.69, 9.17) is 4.74 Å². The molecule has 2 rings (SSSR count). The Balaban J connectivity index is 2.12. The van der Waals surface area contributed by atoms with Crippen molar-refractivity contribution >= 4 is 21.8 Å². The van der Waals surface area contributed by atoms with Gasteiger partial charge in [0.2, 0.25) is 15.8 Å². The lowest BCUT2D eigenvalue weighted by atomic mass is 9.99. The van der Waals surface area contributed by atoms with Gasteiger partial charge in [0.25, 0.3) is 0 Å². The Morgan fingerprint density at radius 3 is 2.30 bits per heavy atom. The van der Waals surface area contributed by atoms with Crippen LogP contribution >= 0.6 is 0 Å². The van der Waals surface area contributed by atoms with Gasteiger partial charge in [0.15, 0.2) is 6.10 Å². The molecule has 0 aromatic heterocycles. The van der Waals surface area contributed by atoms with E-state index in [1.54, 1.807) is 13.0 Å². The zero-order chi connectivity index (χ0) is 20.2. The fraction of sp³-hybridized carbons (Fsp3) is 0.300. The van der Waals surface area contributed by atoms with E-state index < -0.39 is 22.1 Å². The standard InChI is InChI=1S/C20H23NO5S/c1-5-21-27(24,25)17-10-8-16(9-11-17)20(23)26-15(4)19(22)18-12-13(2)6-7-14(18)3/h6-12,15,21H,5H2,1-4H3/t15-/m0/s1. The van der Waals surface area contributed by atoms with E-state index in [1.165, 1.54) is 31.2 Å². The summed E-state index contributed by atoms with van der Waals surface area (Å²) in [4.78, 5) is 24.9. The van der Waals surface area contributed by atoms with Crippen LogP contribution in [0.4, 0.5) is 0 Å². The normalized spacial score (nSPS) is 12.4. The first-order valence-electron chi connectivity index (χ1n) is 8.58. The average molecular weight is 389 g/mol. The third-order valence-electron chi connectivity index (χ3n) is 4.05. The van der Waals surface area contributed by atoms with Crippen molar-refractivity contribution in [3.63, 3.8) is 0 Å². The molecule has 1 N–H and O–H groups in total. The van der Waals surface area contributed by atoms with E-state index in [0.29, 0.717) is 5.56 Å². The van der Waals surface area contributed by atoms with Crippen LogP contribution in [0.15, 0.2) is 47.4 Å². The molecular formula is C20H23NO5S. The van der Waals surface area contributed by atoms with E-state index in [2.05, 4.69) is 4.72 Å². The number of rotatable bonds is 7. The lowest BCUT2D eigenvalue weighted by Crippen LogP contribution is -2.25. The summed E-state index contributed by atoms with van der Waals surface area (Å²) in [6, 6.07) is 10.9. The molecule has 7 heteroatoms. The van der Waals surface area contributed by atoms with E-state index in [-0.39, 0.29) is 22.8 Å². The molecule has 0 saturated heterocycles. The minimum absolute atomic E-state index is 0.0559. The lowest BCUT2D eigenvalue weighted by molar-refractivity contribution is 0.0318. The highest BCUT2D eigenvalue weighted by molar-refractivity contribution is 7.89. The maximum atomic E-state index is 12.6. The van der Waals surface area contributed by atoms with Crippen LogP contribution in [-0.4, -0.2) is 32.8 Å². The third kappa shape index (κ3) is 5.02. The number of Topliss-reactive ketones (excluding diaryl/α,β-unsaturated/α-hetero) is 1. The first kappa shape index (κ1) is 20.8. The number of sulfonamides is 1. The second kappa shape index (κ2) is 8.45. The molecule has 1 atom stereocenters. The minimum atomic E-state index is -3.59. The molecule has 0 radical (unpaired) electrons. The molecule has 0 aliphatic carbocycles. The SMILES string of the molecule is CCNS(=O)(=O)c1ccc(C(=O)O[C@@H](C)C(=O)c2cc(C)ccc2C)cc1. The monoisotopic (exact) mass is 389 g/mol. The zero-order valence-corrected chi connectivity index (χ0v) is 16.6. The molecule has 0 unspecified atom stereocenters. The Morgan fingerprint density at radius 1 is 1.07 bits per heavy atom. The van der Waals surface area contributed by atoms with E-state index in [9.17, 15) is 18.0 Å². The molecule has 6 nitrogen and oxygen atoms in total. The molecule has 0 aliphatic heterocycles. The van der Waals surface area contributed by atoms with Crippen LogP contribution in [0.5, 0.6) is 0 Å². The van der Waals surface area contributed by atoms with Crippen molar-refractivity contribution in [2.24, 2.45) is 0 Å². The molecule has 0 heterocycles. The number of carbonyl (C=O) groups is 2. The first-order valence-corrected chi connectivity index (χ1v) is 10.1. The van der Waals surface area contributed by atoms with Gasteiger partial charge in [0.05, 0.1) is 10.5 Å². The van der Waals surface area contributed by atoms with Gasteiger partial charge in [0.1, 0.15) is 0 Å². The summed E-state index contributed by atoms with van der Waals surface area (Å²) in [5, 5.41) is 0. The van der Waals surface area contributed by atoms with Gasteiger partial charge in [-0.3, -0.25) is 4.79 Å². The van der Waals surface area contributed by atoms with E-state index in [1.807, 2.05) is 26.0 Å².